The third-order valence-corrected chi connectivity index (χ3v) is 18.5. The molecule has 0 N–H and O–H groups in total. The lowest BCUT2D eigenvalue weighted by Crippen LogP contribution is -2.62. The van der Waals surface area contributed by atoms with Gasteiger partial charge in [0, 0.05) is 66.6 Å². The van der Waals surface area contributed by atoms with Crippen molar-refractivity contribution in [2.24, 2.45) is 11.3 Å². The van der Waals surface area contributed by atoms with Crippen LogP contribution in [0, 0.1) is 25.2 Å². The van der Waals surface area contributed by atoms with E-state index in [4.69, 9.17) is 0 Å². The van der Waals surface area contributed by atoms with Gasteiger partial charge in [0.1, 0.15) is 0 Å². The zero-order valence-electron chi connectivity index (χ0n) is 44.7. The van der Waals surface area contributed by atoms with Crippen LogP contribution in [0.2, 0.25) is 0 Å². The van der Waals surface area contributed by atoms with Crippen molar-refractivity contribution in [2.45, 2.75) is 125 Å². The molecule has 72 heavy (non-hydrogen) atoms. The molecule has 1 aromatic heterocycles. The lowest BCUT2D eigenvalue weighted by molar-refractivity contribution is 0.488. The van der Waals surface area contributed by atoms with E-state index < -0.39 is 0 Å². The van der Waals surface area contributed by atoms with Crippen molar-refractivity contribution in [2.75, 3.05) is 14.7 Å². The minimum absolute atomic E-state index is 0.0329. The predicted octanol–water partition coefficient (Wildman–Crippen LogP) is 17.2. The first-order chi connectivity index (χ1) is 34.2. The van der Waals surface area contributed by atoms with E-state index in [1.165, 1.54) is 115 Å². The molecule has 6 aromatic carbocycles. The van der Waals surface area contributed by atoms with Gasteiger partial charge in [-0.15, -0.1) is 11.3 Å². The summed E-state index contributed by atoms with van der Waals surface area (Å²) < 4.78 is 2.64. The van der Waals surface area contributed by atoms with Gasteiger partial charge in [-0.3, -0.25) is 0 Å². The van der Waals surface area contributed by atoms with E-state index in [0.717, 1.165) is 18.5 Å². The molecule has 0 radical (unpaired) electrons. The third-order valence-electron chi connectivity index (χ3n) is 17.3. The fourth-order valence-corrected chi connectivity index (χ4v) is 14.9. The molecule has 0 amide bonds. The fourth-order valence-electron chi connectivity index (χ4n) is 13.6. The number of benzene rings is 6. The second-order valence-electron chi connectivity index (χ2n) is 25.4. The summed E-state index contributed by atoms with van der Waals surface area (Å²) in [6, 6.07) is 43.3. The van der Waals surface area contributed by atoms with Crippen molar-refractivity contribution in [1.29, 1.82) is 0 Å². The summed E-state index contributed by atoms with van der Waals surface area (Å²) in [5.41, 5.74) is 25.6. The number of thiophene rings is 1. The van der Waals surface area contributed by atoms with Crippen LogP contribution in [-0.4, -0.2) is 12.8 Å². The second-order valence-corrected chi connectivity index (χ2v) is 26.4. The number of hydrogen-bond donors (Lipinski definition) is 0. The maximum absolute atomic E-state index is 2.85. The van der Waals surface area contributed by atoms with Gasteiger partial charge in [-0.05, 0) is 147 Å². The lowest BCUT2D eigenvalue weighted by atomic mass is 9.31. The van der Waals surface area contributed by atoms with E-state index in [-0.39, 0.29) is 34.4 Å². The number of rotatable bonds is 4. The van der Waals surface area contributed by atoms with Crippen LogP contribution in [0.5, 0.6) is 0 Å². The SMILES string of the molecule is Cc1cc(C(C)(C)C)ccc1N(c1ccc2c(c1)N(c1cccc3c1sc1ccccc13)c1cc(C(C)(C)C)cc3c1B2C1=CC=CC2C4=C(C5=CCCC=C5C4(C)C)N3C12)c1ccc(C(C)(C)C)cc1C. The molecule has 6 aliphatic rings. The Bertz CT molecular complexity index is 3620. The van der Waals surface area contributed by atoms with Gasteiger partial charge in [-0.2, -0.15) is 0 Å². The molecule has 13 rings (SSSR count). The standard InChI is InChI=1S/C67H68BN3S/c1-39-34-41(64(3,4)5)28-32-52(39)69(53-33-29-42(35-40(53)2)65(6,7)8)44-30-31-50-55(38-44)70(54-26-19-22-46-45-20-15-17-27-58(45)72-63(46)54)56-36-43(66(9,10)11)37-57-60(56)68(50)51-25-18-23-48-59-62(71(57)61(48)51)47-21-14-16-24-49(47)67(59,12)13/h15,17-38,48,61H,14,16H2,1-13H3. The van der Waals surface area contributed by atoms with Gasteiger partial charge in [-0.1, -0.05) is 173 Å². The molecule has 360 valence electrons. The molecule has 4 heterocycles. The first-order valence-corrected chi connectivity index (χ1v) is 27.4. The highest BCUT2D eigenvalue weighted by Gasteiger charge is 2.59. The molecule has 0 bridgehead atoms. The maximum atomic E-state index is 2.85. The summed E-state index contributed by atoms with van der Waals surface area (Å²) in [7, 11) is 0. The Kier molecular flexibility index (Phi) is 9.73. The van der Waals surface area contributed by atoms with Crippen LogP contribution in [0.3, 0.4) is 0 Å². The van der Waals surface area contributed by atoms with Gasteiger partial charge in [0.15, 0.2) is 0 Å². The van der Waals surface area contributed by atoms with Gasteiger partial charge in [0.2, 0.25) is 6.71 Å². The number of allylic oxidation sites excluding steroid dienone is 5. The molecular weight excluding hydrogens is 890 g/mol. The average Bonchev–Trinajstić information content (AvgIpc) is 3.97. The summed E-state index contributed by atoms with van der Waals surface area (Å²) in [5, 5.41) is 2.63. The third kappa shape index (κ3) is 6.47. The summed E-state index contributed by atoms with van der Waals surface area (Å²) in [4.78, 5) is 8.12. The Morgan fingerprint density at radius 3 is 1.97 bits per heavy atom. The van der Waals surface area contributed by atoms with E-state index >= 15 is 0 Å². The summed E-state index contributed by atoms with van der Waals surface area (Å²) in [5.74, 6) is 0.291. The number of nitrogens with zero attached hydrogens (tertiary/aromatic N) is 3. The Balaban J connectivity index is 1.12. The highest BCUT2D eigenvalue weighted by atomic mass is 32.1. The number of anilines is 7. The first-order valence-electron chi connectivity index (χ1n) is 26.6. The quantitative estimate of drug-likeness (QED) is 0.163. The molecule has 2 unspecified atom stereocenters. The number of fused-ring (bicyclic) bond motifs is 11. The van der Waals surface area contributed by atoms with E-state index in [9.17, 15) is 0 Å². The molecule has 2 atom stereocenters. The first kappa shape index (κ1) is 45.6. The summed E-state index contributed by atoms with van der Waals surface area (Å²) >= 11 is 1.93. The van der Waals surface area contributed by atoms with Crippen molar-refractivity contribution < 1.29 is 0 Å². The number of aryl methyl sites for hydroxylation is 2. The van der Waals surface area contributed by atoms with Crippen LogP contribution < -0.4 is 25.6 Å². The van der Waals surface area contributed by atoms with Gasteiger partial charge < -0.3 is 14.7 Å². The Hall–Kier alpha value is -6.30. The van der Waals surface area contributed by atoms with Gasteiger partial charge in [-0.25, -0.2) is 0 Å². The predicted molar refractivity (Wildman–Crippen MR) is 312 cm³/mol. The van der Waals surface area contributed by atoms with Crippen molar-refractivity contribution in [3.05, 3.63) is 195 Å². The molecule has 3 aliphatic carbocycles. The molecule has 0 spiro atoms. The van der Waals surface area contributed by atoms with Crippen LogP contribution in [-0.2, 0) is 16.2 Å². The average molecular weight is 958 g/mol. The molecule has 5 heteroatoms. The Labute approximate surface area is 433 Å². The van der Waals surface area contributed by atoms with Crippen LogP contribution in [0.1, 0.15) is 117 Å². The maximum Gasteiger partial charge on any atom is 0.247 e. The highest BCUT2D eigenvalue weighted by Crippen LogP contribution is 2.64. The van der Waals surface area contributed by atoms with Crippen molar-refractivity contribution in [3.63, 3.8) is 0 Å². The van der Waals surface area contributed by atoms with Crippen LogP contribution in [0.25, 0.3) is 20.2 Å². The van der Waals surface area contributed by atoms with Crippen molar-refractivity contribution >= 4 is 89.0 Å². The molecule has 0 fully saturated rings. The zero-order chi connectivity index (χ0) is 50.1. The molecule has 0 saturated carbocycles. The second kappa shape index (κ2) is 15.4. The monoisotopic (exact) mass is 958 g/mol. The van der Waals surface area contributed by atoms with E-state index in [1.54, 1.807) is 5.57 Å². The van der Waals surface area contributed by atoms with Crippen molar-refractivity contribution in [3.8, 4) is 0 Å². The van der Waals surface area contributed by atoms with Gasteiger partial charge in [0.05, 0.1) is 16.4 Å². The zero-order valence-corrected chi connectivity index (χ0v) is 45.5. The van der Waals surface area contributed by atoms with Crippen LogP contribution in [0.4, 0.5) is 39.8 Å². The molecule has 3 aliphatic heterocycles. The lowest BCUT2D eigenvalue weighted by Gasteiger charge is -2.50. The summed E-state index contributed by atoms with van der Waals surface area (Å²) in [6.45, 7) is 30.8. The van der Waals surface area contributed by atoms with Crippen LogP contribution in [0.15, 0.2) is 167 Å². The molecular formula is C67H68BN3S. The molecule has 3 nitrogen and oxygen atoms in total. The largest absolute Gasteiger partial charge is 0.334 e. The molecule has 0 saturated heterocycles. The van der Waals surface area contributed by atoms with Gasteiger partial charge >= 0.3 is 0 Å². The normalized spacial score (nSPS) is 19.5. The molecule has 7 aromatic rings. The van der Waals surface area contributed by atoms with E-state index in [0.29, 0.717) is 5.92 Å². The highest BCUT2D eigenvalue weighted by molar-refractivity contribution is 7.26. The summed E-state index contributed by atoms with van der Waals surface area (Å²) in [6.07, 6.45) is 14.8. The topological polar surface area (TPSA) is 9.72 Å². The van der Waals surface area contributed by atoms with Gasteiger partial charge in [0.25, 0.3) is 0 Å². The van der Waals surface area contributed by atoms with E-state index in [1.807, 2.05) is 11.3 Å². The van der Waals surface area contributed by atoms with Crippen molar-refractivity contribution in [1.82, 2.24) is 0 Å². The fraction of sp³-hybridized carbons (Fsp3) is 0.313. The number of hydrogen-bond acceptors (Lipinski definition) is 4. The Morgan fingerprint density at radius 1 is 0.639 bits per heavy atom. The minimum atomic E-state index is -0.105. The minimum Gasteiger partial charge on any atom is -0.334 e. The van der Waals surface area contributed by atoms with E-state index in [2.05, 4.69) is 244 Å². The Morgan fingerprint density at radius 2 is 1.29 bits per heavy atom. The smallest absolute Gasteiger partial charge is 0.247 e. The van der Waals surface area contributed by atoms with Crippen LogP contribution >= 0.6 is 11.3 Å².